The maximum atomic E-state index is 12.8. The minimum Gasteiger partial charge on any atom is -0.439 e. The van der Waals surface area contributed by atoms with E-state index in [-0.39, 0.29) is 11.8 Å². The van der Waals surface area contributed by atoms with Gasteiger partial charge in [-0.05, 0) is 57.0 Å². The van der Waals surface area contributed by atoms with E-state index < -0.39 is 0 Å². The van der Waals surface area contributed by atoms with Crippen molar-refractivity contribution in [3.8, 4) is 17.4 Å². The summed E-state index contributed by atoms with van der Waals surface area (Å²) < 4.78 is 7.88. The minimum atomic E-state index is -0.195. The summed E-state index contributed by atoms with van der Waals surface area (Å²) in [6.45, 7) is 7.79. The van der Waals surface area contributed by atoms with Gasteiger partial charge in [0.2, 0.25) is 11.8 Å². The quantitative estimate of drug-likeness (QED) is 0.409. The Morgan fingerprint density at radius 2 is 1.76 bits per heavy atom. The molecule has 1 unspecified atom stereocenters. The van der Waals surface area contributed by atoms with E-state index in [1.807, 2.05) is 86.9 Å². The fourth-order valence-corrected chi connectivity index (χ4v) is 3.64. The number of aromatic nitrogens is 4. The predicted octanol–water partition coefficient (Wildman–Crippen LogP) is 5.51. The molecule has 4 rings (SSSR count). The second-order valence-corrected chi connectivity index (χ2v) is 7.88. The van der Waals surface area contributed by atoms with Crippen LogP contribution in [0.15, 0.2) is 67.0 Å². The van der Waals surface area contributed by atoms with Crippen LogP contribution in [-0.4, -0.2) is 25.4 Å². The molecule has 0 spiro atoms. The Hall–Kier alpha value is -4.00. The van der Waals surface area contributed by atoms with Crippen LogP contribution >= 0.6 is 0 Å². The lowest BCUT2D eigenvalue weighted by atomic mass is 9.95. The lowest BCUT2D eigenvalue weighted by molar-refractivity contribution is -0.117. The smallest absolute Gasteiger partial charge is 0.231 e. The van der Waals surface area contributed by atoms with E-state index >= 15 is 0 Å². The Bertz CT molecular complexity index is 1250. The molecule has 2 heterocycles. The van der Waals surface area contributed by atoms with Crippen molar-refractivity contribution in [3.05, 3.63) is 89.8 Å². The second-order valence-electron chi connectivity index (χ2n) is 7.88. The molecule has 33 heavy (non-hydrogen) atoms. The van der Waals surface area contributed by atoms with E-state index in [1.54, 1.807) is 12.4 Å². The van der Waals surface area contributed by atoms with Crippen LogP contribution in [0.1, 0.15) is 42.0 Å². The third-order valence-electron chi connectivity index (χ3n) is 5.57. The number of nitrogens with one attached hydrogen (secondary N) is 1. The molecule has 0 aliphatic rings. The summed E-state index contributed by atoms with van der Waals surface area (Å²) >= 11 is 0. The van der Waals surface area contributed by atoms with E-state index in [1.165, 1.54) is 0 Å². The fraction of sp³-hybridized carbons (Fsp3) is 0.231. The van der Waals surface area contributed by atoms with E-state index in [2.05, 4.69) is 20.3 Å². The summed E-state index contributed by atoms with van der Waals surface area (Å²) in [5.74, 6) is 2.13. The number of carbonyl (C=O) groups excluding carboxylic acids is 1. The largest absolute Gasteiger partial charge is 0.439 e. The third-order valence-corrected chi connectivity index (χ3v) is 5.57. The Kier molecular flexibility index (Phi) is 6.49. The number of ether oxygens (including phenoxy) is 1. The van der Waals surface area contributed by atoms with Gasteiger partial charge in [-0.25, -0.2) is 9.97 Å². The van der Waals surface area contributed by atoms with E-state index in [4.69, 9.17) is 4.74 Å². The third kappa shape index (κ3) is 5.09. The zero-order valence-electron chi connectivity index (χ0n) is 19.2. The van der Waals surface area contributed by atoms with Crippen molar-refractivity contribution in [3.63, 3.8) is 0 Å². The Labute approximate surface area is 193 Å². The van der Waals surface area contributed by atoms with E-state index in [9.17, 15) is 4.79 Å². The second kappa shape index (κ2) is 9.65. The van der Waals surface area contributed by atoms with Crippen molar-refractivity contribution in [2.75, 3.05) is 5.32 Å². The molecule has 0 fully saturated rings. The summed E-state index contributed by atoms with van der Waals surface area (Å²) in [7, 11) is 0. The molecule has 1 N–H and O–H groups in total. The highest BCUT2D eigenvalue weighted by atomic mass is 16.5. The van der Waals surface area contributed by atoms with Crippen LogP contribution in [0.3, 0.4) is 0 Å². The van der Waals surface area contributed by atoms with Crippen molar-refractivity contribution in [1.29, 1.82) is 0 Å². The Morgan fingerprint density at radius 1 is 1.03 bits per heavy atom. The van der Waals surface area contributed by atoms with Gasteiger partial charge >= 0.3 is 0 Å². The molecule has 0 bridgehead atoms. The average Bonchev–Trinajstić information content (AvgIpc) is 3.14. The van der Waals surface area contributed by atoms with Crippen LogP contribution in [0, 0.1) is 20.8 Å². The van der Waals surface area contributed by atoms with Gasteiger partial charge in [-0.15, -0.1) is 0 Å². The minimum absolute atomic E-state index is 0.0283. The summed E-state index contributed by atoms with van der Waals surface area (Å²) in [6, 6.07) is 18.9. The van der Waals surface area contributed by atoms with Crippen molar-refractivity contribution < 1.29 is 9.53 Å². The standard InChI is InChI=1S/C26H27N5O2/c1-5-23(20-9-7-6-8-10-20)26(32)30-21-11-13-22(14-12-21)33-25-15-24(28-19(4)29-25)31-16-27-17(2)18(31)3/h6-16,23H,5H2,1-4H3,(H,30,32). The summed E-state index contributed by atoms with van der Waals surface area (Å²) in [6.07, 6.45) is 2.47. The van der Waals surface area contributed by atoms with Gasteiger partial charge in [-0.3, -0.25) is 9.36 Å². The van der Waals surface area contributed by atoms with Gasteiger partial charge in [0.25, 0.3) is 0 Å². The molecular weight excluding hydrogens is 414 g/mol. The molecular formula is C26H27N5O2. The molecule has 0 saturated carbocycles. The number of nitrogens with zero attached hydrogens (tertiary/aromatic N) is 4. The first kappa shape index (κ1) is 22.2. The zero-order chi connectivity index (χ0) is 23.4. The number of benzene rings is 2. The zero-order valence-corrected chi connectivity index (χ0v) is 19.2. The van der Waals surface area contributed by atoms with Crippen molar-refractivity contribution in [2.45, 2.75) is 40.0 Å². The highest BCUT2D eigenvalue weighted by Crippen LogP contribution is 2.25. The van der Waals surface area contributed by atoms with Gasteiger partial charge in [0.05, 0.1) is 11.6 Å². The molecule has 2 aromatic carbocycles. The summed E-state index contributed by atoms with van der Waals surface area (Å²) in [5.41, 5.74) is 3.69. The fourth-order valence-electron chi connectivity index (χ4n) is 3.64. The van der Waals surface area contributed by atoms with Crippen molar-refractivity contribution in [2.24, 2.45) is 0 Å². The molecule has 168 valence electrons. The van der Waals surface area contributed by atoms with E-state index in [0.717, 1.165) is 23.4 Å². The number of anilines is 1. The van der Waals surface area contributed by atoms with Gasteiger partial charge in [0.15, 0.2) is 0 Å². The lowest BCUT2D eigenvalue weighted by Crippen LogP contribution is -2.20. The van der Waals surface area contributed by atoms with Gasteiger partial charge < -0.3 is 10.1 Å². The number of aryl methyl sites for hydroxylation is 2. The van der Waals surface area contributed by atoms with Crippen molar-refractivity contribution >= 4 is 11.6 Å². The number of carbonyl (C=O) groups is 1. The number of imidazole rings is 1. The molecule has 0 aliphatic carbocycles. The summed E-state index contributed by atoms with van der Waals surface area (Å²) in [4.78, 5) is 26.0. The Balaban J connectivity index is 1.47. The molecule has 4 aromatic rings. The molecule has 0 radical (unpaired) electrons. The number of amides is 1. The predicted molar refractivity (Wildman–Crippen MR) is 128 cm³/mol. The molecule has 0 saturated heterocycles. The van der Waals surface area contributed by atoms with Gasteiger partial charge in [-0.2, -0.15) is 4.98 Å². The van der Waals surface area contributed by atoms with Gasteiger partial charge in [0.1, 0.15) is 23.7 Å². The maximum absolute atomic E-state index is 12.8. The summed E-state index contributed by atoms with van der Waals surface area (Å²) in [5, 5.41) is 3.00. The average molecular weight is 442 g/mol. The maximum Gasteiger partial charge on any atom is 0.231 e. The molecule has 0 aliphatic heterocycles. The van der Waals surface area contributed by atoms with Crippen molar-refractivity contribution in [1.82, 2.24) is 19.5 Å². The topological polar surface area (TPSA) is 81.9 Å². The van der Waals surface area contributed by atoms with Crippen LogP contribution in [0.5, 0.6) is 11.6 Å². The van der Waals surface area contributed by atoms with Crippen LogP contribution in [0.2, 0.25) is 0 Å². The van der Waals surface area contributed by atoms with Crippen LogP contribution in [-0.2, 0) is 4.79 Å². The highest BCUT2D eigenvalue weighted by Gasteiger charge is 2.18. The molecule has 1 amide bonds. The van der Waals surface area contributed by atoms with Crippen LogP contribution < -0.4 is 10.1 Å². The first-order chi connectivity index (χ1) is 15.9. The van der Waals surface area contributed by atoms with Crippen LogP contribution in [0.4, 0.5) is 5.69 Å². The molecule has 7 nitrogen and oxygen atoms in total. The monoisotopic (exact) mass is 441 g/mol. The van der Waals surface area contributed by atoms with Crippen LogP contribution in [0.25, 0.3) is 5.82 Å². The normalized spacial score (nSPS) is 11.8. The SMILES string of the molecule is CCC(C(=O)Nc1ccc(Oc2cc(-n3cnc(C)c3C)nc(C)n2)cc1)c1ccccc1. The first-order valence-corrected chi connectivity index (χ1v) is 10.9. The van der Waals surface area contributed by atoms with Gasteiger partial charge in [0, 0.05) is 17.4 Å². The van der Waals surface area contributed by atoms with E-state index in [0.29, 0.717) is 29.0 Å². The number of hydrogen-bond donors (Lipinski definition) is 1. The molecule has 7 heteroatoms. The molecule has 1 atom stereocenters. The van der Waals surface area contributed by atoms with Gasteiger partial charge in [-0.1, -0.05) is 37.3 Å². The lowest BCUT2D eigenvalue weighted by Gasteiger charge is -2.15. The first-order valence-electron chi connectivity index (χ1n) is 10.9. The Morgan fingerprint density at radius 3 is 2.39 bits per heavy atom. The number of rotatable bonds is 7. The highest BCUT2D eigenvalue weighted by molar-refractivity contribution is 5.95. The number of hydrogen-bond acceptors (Lipinski definition) is 5. The molecule has 2 aromatic heterocycles.